The first-order valence-electron chi connectivity index (χ1n) is 6.15. The van der Waals surface area contributed by atoms with Crippen molar-refractivity contribution in [3.05, 3.63) is 53.6 Å². The van der Waals surface area contributed by atoms with E-state index < -0.39 is 11.9 Å². The van der Waals surface area contributed by atoms with Crippen LogP contribution in [-0.2, 0) is 0 Å². The molecule has 0 spiro atoms. The van der Waals surface area contributed by atoms with E-state index in [1.165, 1.54) is 18.3 Å². The van der Waals surface area contributed by atoms with Crippen LogP contribution in [0.2, 0.25) is 0 Å². The maximum absolute atomic E-state index is 13.4. The first-order chi connectivity index (χ1) is 9.63. The molecule has 20 heavy (non-hydrogen) atoms. The van der Waals surface area contributed by atoms with E-state index in [0.29, 0.717) is 17.9 Å². The minimum Gasteiger partial charge on any atom is -0.456 e. The molecule has 1 heterocycles. The quantitative estimate of drug-likeness (QED) is 0.927. The second-order valence-electron chi connectivity index (χ2n) is 4.20. The van der Waals surface area contributed by atoms with Crippen LogP contribution < -0.4 is 4.74 Å². The molecule has 1 aromatic heterocycles. The molecule has 0 radical (unpaired) electrons. The standard InChI is InChI=1S/C15H13FN2O2/c1-2-15(19)14-6-5-12(9-18-14)20-11-4-3-10(8-17)13(16)7-11/h3-7,9,15,19H,2H2,1H3/t15-/m0/s1. The molecular weight excluding hydrogens is 259 g/mol. The Morgan fingerprint density at radius 2 is 2.10 bits per heavy atom. The van der Waals surface area contributed by atoms with Crippen LogP contribution in [0.4, 0.5) is 4.39 Å². The van der Waals surface area contributed by atoms with Gasteiger partial charge in [0.1, 0.15) is 23.4 Å². The summed E-state index contributed by atoms with van der Waals surface area (Å²) >= 11 is 0. The molecule has 0 bridgehead atoms. The van der Waals surface area contributed by atoms with E-state index in [-0.39, 0.29) is 11.3 Å². The minimum atomic E-state index is -0.629. The molecule has 1 aromatic carbocycles. The molecule has 0 fully saturated rings. The Morgan fingerprint density at radius 3 is 2.65 bits per heavy atom. The minimum absolute atomic E-state index is 0.0307. The SMILES string of the molecule is CC[C@H](O)c1ccc(Oc2ccc(C#N)c(F)c2)cn1. The number of hydrogen-bond donors (Lipinski definition) is 1. The Morgan fingerprint density at radius 1 is 1.35 bits per heavy atom. The van der Waals surface area contributed by atoms with Crippen molar-refractivity contribution in [2.45, 2.75) is 19.4 Å². The van der Waals surface area contributed by atoms with Crippen LogP contribution in [0.3, 0.4) is 0 Å². The Kier molecular flexibility index (Phi) is 4.28. The predicted octanol–water partition coefficient (Wildman–Crippen LogP) is 3.33. The largest absolute Gasteiger partial charge is 0.456 e. The lowest BCUT2D eigenvalue weighted by Gasteiger charge is -2.09. The van der Waals surface area contributed by atoms with Gasteiger partial charge in [0.05, 0.1) is 23.6 Å². The average Bonchev–Trinajstić information content (AvgIpc) is 2.47. The van der Waals surface area contributed by atoms with Gasteiger partial charge in [0.15, 0.2) is 0 Å². The van der Waals surface area contributed by atoms with Gasteiger partial charge in [-0.15, -0.1) is 0 Å². The molecule has 0 aliphatic rings. The van der Waals surface area contributed by atoms with Gasteiger partial charge in [-0.1, -0.05) is 6.92 Å². The van der Waals surface area contributed by atoms with E-state index >= 15 is 0 Å². The number of benzene rings is 1. The molecule has 1 atom stereocenters. The van der Waals surface area contributed by atoms with Gasteiger partial charge in [0.25, 0.3) is 0 Å². The Bertz CT molecular complexity index is 635. The monoisotopic (exact) mass is 272 g/mol. The number of rotatable bonds is 4. The fourth-order valence-electron chi connectivity index (χ4n) is 1.64. The van der Waals surface area contributed by atoms with Crippen LogP contribution in [0.15, 0.2) is 36.5 Å². The average molecular weight is 272 g/mol. The summed E-state index contributed by atoms with van der Waals surface area (Å²) in [7, 11) is 0. The fraction of sp³-hybridized carbons (Fsp3) is 0.200. The number of aromatic nitrogens is 1. The number of halogens is 1. The lowest BCUT2D eigenvalue weighted by Crippen LogP contribution is -1.98. The van der Waals surface area contributed by atoms with E-state index in [1.54, 1.807) is 18.2 Å². The van der Waals surface area contributed by atoms with Gasteiger partial charge in [-0.25, -0.2) is 4.39 Å². The molecule has 0 amide bonds. The highest BCUT2D eigenvalue weighted by Gasteiger charge is 2.08. The second-order valence-corrected chi connectivity index (χ2v) is 4.20. The summed E-state index contributed by atoms with van der Waals surface area (Å²) in [6.07, 6.45) is 1.44. The van der Waals surface area contributed by atoms with Crippen molar-refractivity contribution in [1.29, 1.82) is 5.26 Å². The Hall–Kier alpha value is -2.45. The zero-order chi connectivity index (χ0) is 14.5. The van der Waals surface area contributed by atoms with Crippen LogP contribution in [0.5, 0.6) is 11.5 Å². The number of pyridine rings is 1. The van der Waals surface area contributed by atoms with Gasteiger partial charge in [0.2, 0.25) is 0 Å². The van der Waals surface area contributed by atoms with Gasteiger partial charge in [-0.05, 0) is 30.7 Å². The van der Waals surface area contributed by atoms with E-state index in [0.717, 1.165) is 6.07 Å². The third-order valence-electron chi connectivity index (χ3n) is 2.78. The van der Waals surface area contributed by atoms with Crippen LogP contribution in [0.1, 0.15) is 30.7 Å². The zero-order valence-corrected chi connectivity index (χ0v) is 10.9. The summed E-state index contributed by atoms with van der Waals surface area (Å²) in [5, 5.41) is 18.3. The number of nitrogens with zero attached hydrogens (tertiary/aromatic N) is 2. The summed E-state index contributed by atoms with van der Waals surface area (Å²) in [5.41, 5.74) is 0.530. The summed E-state index contributed by atoms with van der Waals surface area (Å²) in [4.78, 5) is 4.08. The maximum Gasteiger partial charge on any atom is 0.145 e. The van der Waals surface area contributed by atoms with Crippen molar-refractivity contribution in [1.82, 2.24) is 4.98 Å². The molecule has 2 aromatic rings. The molecule has 0 saturated carbocycles. The van der Waals surface area contributed by atoms with E-state index in [2.05, 4.69) is 4.98 Å². The van der Waals surface area contributed by atoms with Gasteiger partial charge >= 0.3 is 0 Å². The molecule has 1 N–H and O–H groups in total. The van der Waals surface area contributed by atoms with Gasteiger partial charge < -0.3 is 9.84 Å². The highest BCUT2D eigenvalue weighted by molar-refractivity contribution is 5.38. The summed E-state index contributed by atoms with van der Waals surface area (Å²) in [5.74, 6) is 0.0873. The van der Waals surface area contributed by atoms with Gasteiger partial charge in [0, 0.05) is 6.07 Å². The molecule has 102 valence electrons. The normalized spacial score (nSPS) is 11.7. The molecule has 2 rings (SSSR count). The number of aliphatic hydroxyl groups excluding tert-OH is 1. The maximum atomic E-state index is 13.4. The highest BCUT2D eigenvalue weighted by atomic mass is 19.1. The topological polar surface area (TPSA) is 66.1 Å². The molecular formula is C15H13FN2O2. The fourth-order valence-corrected chi connectivity index (χ4v) is 1.64. The summed E-state index contributed by atoms with van der Waals surface area (Å²) < 4.78 is 18.9. The van der Waals surface area contributed by atoms with E-state index in [1.807, 2.05) is 6.92 Å². The van der Waals surface area contributed by atoms with Gasteiger partial charge in [-0.3, -0.25) is 4.98 Å². The van der Waals surface area contributed by atoms with Crippen molar-refractivity contribution in [2.24, 2.45) is 0 Å². The molecule has 0 aliphatic heterocycles. The number of ether oxygens (including phenoxy) is 1. The van der Waals surface area contributed by atoms with Crippen LogP contribution in [-0.4, -0.2) is 10.1 Å². The van der Waals surface area contributed by atoms with Crippen molar-refractivity contribution >= 4 is 0 Å². The first-order valence-corrected chi connectivity index (χ1v) is 6.15. The zero-order valence-electron chi connectivity index (χ0n) is 10.9. The van der Waals surface area contributed by atoms with Gasteiger partial charge in [-0.2, -0.15) is 5.26 Å². The highest BCUT2D eigenvalue weighted by Crippen LogP contribution is 2.24. The van der Waals surface area contributed by atoms with Crippen molar-refractivity contribution in [3.63, 3.8) is 0 Å². The summed E-state index contributed by atoms with van der Waals surface area (Å²) in [6.45, 7) is 1.86. The third-order valence-corrected chi connectivity index (χ3v) is 2.78. The van der Waals surface area contributed by atoms with Crippen molar-refractivity contribution in [3.8, 4) is 17.6 Å². The smallest absolute Gasteiger partial charge is 0.145 e. The third kappa shape index (κ3) is 3.11. The van der Waals surface area contributed by atoms with Crippen molar-refractivity contribution < 1.29 is 14.2 Å². The number of nitriles is 1. The van der Waals surface area contributed by atoms with E-state index in [4.69, 9.17) is 10.00 Å². The Balaban J connectivity index is 2.14. The van der Waals surface area contributed by atoms with E-state index in [9.17, 15) is 9.50 Å². The molecule has 0 saturated heterocycles. The lowest BCUT2D eigenvalue weighted by atomic mass is 10.2. The lowest BCUT2D eigenvalue weighted by molar-refractivity contribution is 0.169. The molecule has 0 aliphatic carbocycles. The number of aliphatic hydroxyl groups is 1. The van der Waals surface area contributed by atoms with Crippen molar-refractivity contribution in [2.75, 3.05) is 0 Å². The molecule has 4 nitrogen and oxygen atoms in total. The second kappa shape index (κ2) is 6.13. The predicted molar refractivity (Wildman–Crippen MR) is 70.7 cm³/mol. The number of hydrogen-bond acceptors (Lipinski definition) is 4. The Labute approximate surface area is 116 Å². The first kappa shape index (κ1) is 14.0. The summed E-state index contributed by atoms with van der Waals surface area (Å²) in [6, 6.07) is 9.06. The molecule has 0 unspecified atom stereocenters. The van der Waals surface area contributed by atoms with Crippen LogP contribution >= 0.6 is 0 Å². The van der Waals surface area contributed by atoms with Crippen LogP contribution in [0.25, 0.3) is 0 Å². The van der Waals surface area contributed by atoms with Crippen LogP contribution in [0, 0.1) is 17.1 Å². The molecule has 5 heteroatoms.